The number of H-pyrrole nitrogens is 1. The van der Waals surface area contributed by atoms with E-state index in [1.165, 1.54) is 0 Å². The zero-order valence-corrected chi connectivity index (χ0v) is 8.24. The number of aromatic amines is 1. The second kappa shape index (κ2) is 2.92. The fourth-order valence-corrected chi connectivity index (χ4v) is 1.69. The quantitative estimate of drug-likeness (QED) is 0.735. The summed E-state index contributed by atoms with van der Waals surface area (Å²) in [7, 11) is 1.88. The van der Waals surface area contributed by atoms with Crippen LogP contribution in [0.2, 0.25) is 5.02 Å². The third kappa shape index (κ3) is 1.16. The minimum Gasteiger partial charge on any atom is -0.387 e. The first kappa shape index (κ1) is 8.38. The van der Waals surface area contributed by atoms with Crippen molar-refractivity contribution in [3.05, 3.63) is 22.8 Å². The highest BCUT2D eigenvalue weighted by Crippen LogP contribution is 2.31. The van der Waals surface area contributed by atoms with Crippen molar-refractivity contribution in [1.29, 1.82) is 0 Å². The van der Waals surface area contributed by atoms with Gasteiger partial charge in [-0.3, -0.25) is 5.10 Å². The van der Waals surface area contributed by atoms with Gasteiger partial charge in [0.15, 0.2) is 0 Å². The Morgan fingerprint density at radius 2 is 2.31 bits per heavy atom. The van der Waals surface area contributed by atoms with Gasteiger partial charge in [0.25, 0.3) is 0 Å². The van der Waals surface area contributed by atoms with Crippen LogP contribution in [-0.4, -0.2) is 17.2 Å². The number of halogens is 1. The van der Waals surface area contributed by atoms with Crippen molar-refractivity contribution in [2.75, 3.05) is 12.4 Å². The van der Waals surface area contributed by atoms with Gasteiger partial charge in [0.2, 0.25) is 0 Å². The van der Waals surface area contributed by atoms with Crippen LogP contribution in [0.1, 0.15) is 5.56 Å². The van der Waals surface area contributed by atoms with Crippen LogP contribution in [0, 0.1) is 6.92 Å². The van der Waals surface area contributed by atoms with Crippen LogP contribution in [0.3, 0.4) is 0 Å². The van der Waals surface area contributed by atoms with E-state index in [-0.39, 0.29) is 0 Å². The van der Waals surface area contributed by atoms with Crippen LogP contribution in [0.4, 0.5) is 5.69 Å². The molecule has 2 N–H and O–H groups in total. The second-order valence-corrected chi connectivity index (χ2v) is 3.35. The van der Waals surface area contributed by atoms with Crippen LogP contribution >= 0.6 is 11.6 Å². The standard InChI is InChI=1S/C9H10ClN3/c1-5-7(10)3-8-6(4-12-13-8)9(5)11-2/h3-4,11H,1-2H3,(H,12,13). The molecule has 0 aliphatic heterocycles. The molecule has 68 valence electrons. The fourth-order valence-electron chi connectivity index (χ4n) is 1.48. The Morgan fingerprint density at radius 3 is 3.00 bits per heavy atom. The minimum atomic E-state index is 0.751. The lowest BCUT2D eigenvalue weighted by Crippen LogP contribution is -1.92. The number of anilines is 1. The molecular formula is C9H10ClN3. The summed E-state index contributed by atoms with van der Waals surface area (Å²) in [5.41, 5.74) is 3.05. The summed E-state index contributed by atoms with van der Waals surface area (Å²) in [6.07, 6.45) is 1.80. The van der Waals surface area contributed by atoms with E-state index in [0.29, 0.717) is 0 Å². The maximum absolute atomic E-state index is 6.04. The first-order valence-electron chi connectivity index (χ1n) is 4.04. The van der Waals surface area contributed by atoms with Crippen LogP contribution < -0.4 is 5.32 Å². The van der Waals surface area contributed by atoms with E-state index in [1.54, 1.807) is 6.20 Å². The van der Waals surface area contributed by atoms with Gasteiger partial charge in [-0.05, 0) is 18.6 Å². The summed E-state index contributed by atoms with van der Waals surface area (Å²) in [4.78, 5) is 0. The molecule has 1 heterocycles. The Hall–Kier alpha value is -1.22. The Bertz CT molecular complexity index is 447. The van der Waals surface area contributed by atoms with E-state index in [1.807, 2.05) is 20.0 Å². The number of aromatic nitrogens is 2. The average molecular weight is 196 g/mol. The second-order valence-electron chi connectivity index (χ2n) is 2.94. The average Bonchev–Trinajstić information content (AvgIpc) is 2.54. The molecule has 1 aromatic carbocycles. The molecule has 2 aromatic rings. The largest absolute Gasteiger partial charge is 0.387 e. The molecule has 0 aliphatic rings. The molecule has 0 atom stereocenters. The molecule has 0 aliphatic carbocycles. The van der Waals surface area contributed by atoms with E-state index in [0.717, 1.165) is 27.2 Å². The molecule has 0 radical (unpaired) electrons. The highest BCUT2D eigenvalue weighted by Gasteiger charge is 2.08. The maximum atomic E-state index is 6.04. The molecule has 0 saturated heterocycles. The number of nitrogens with one attached hydrogen (secondary N) is 2. The van der Waals surface area contributed by atoms with Crippen molar-refractivity contribution in [1.82, 2.24) is 10.2 Å². The number of hydrogen-bond donors (Lipinski definition) is 2. The van der Waals surface area contributed by atoms with Gasteiger partial charge in [-0.15, -0.1) is 0 Å². The van der Waals surface area contributed by atoms with Crippen LogP contribution in [0.25, 0.3) is 10.9 Å². The summed E-state index contributed by atoms with van der Waals surface area (Å²) in [5, 5.41) is 11.8. The molecule has 0 bridgehead atoms. The van der Waals surface area contributed by atoms with Crippen LogP contribution in [0.5, 0.6) is 0 Å². The van der Waals surface area contributed by atoms with E-state index < -0.39 is 0 Å². The molecule has 2 rings (SSSR count). The fraction of sp³-hybridized carbons (Fsp3) is 0.222. The number of rotatable bonds is 1. The molecule has 0 unspecified atom stereocenters. The molecular weight excluding hydrogens is 186 g/mol. The molecule has 13 heavy (non-hydrogen) atoms. The molecule has 4 heteroatoms. The Kier molecular flexibility index (Phi) is 1.88. The monoisotopic (exact) mass is 195 g/mol. The predicted molar refractivity (Wildman–Crippen MR) is 55.4 cm³/mol. The molecule has 3 nitrogen and oxygen atoms in total. The van der Waals surface area contributed by atoms with Gasteiger partial charge in [0, 0.05) is 23.1 Å². The summed E-state index contributed by atoms with van der Waals surface area (Å²) < 4.78 is 0. The molecule has 0 spiro atoms. The van der Waals surface area contributed by atoms with Gasteiger partial charge in [-0.25, -0.2) is 0 Å². The van der Waals surface area contributed by atoms with E-state index in [9.17, 15) is 0 Å². The normalized spacial score (nSPS) is 10.7. The number of benzene rings is 1. The van der Waals surface area contributed by atoms with Gasteiger partial charge < -0.3 is 5.32 Å². The number of hydrogen-bond acceptors (Lipinski definition) is 2. The van der Waals surface area contributed by atoms with E-state index >= 15 is 0 Å². The SMILES string of the molecule is CNc1c(C)c(Cl)cc2[nH]ncc12. The van der Waals surface area contributed by atoms with Gasteiger partial charge in [0.05, 0.1) is 11.7 Å². The van der Waals surface area contributed by atoms with Crippen molar-refractivity contribution in [3.8, 4) is 0 Å². The first-order chi connectivity index (χ1) is 6.24. The Labute approximate surface area is 81.1 Å². The minimum absolute atomic E-state index is 0.751. The summed E-state index contributed by atoms with van der Waals surface area (Å²) in [6, 6.07) is 1.89. The van der Waals surface area contributed by atoms with Crippen LogP contribution in [-0.2, 0) is 0 Å². The zero-order valence-electron chi connectivity index (χ0n) is 7.48. The topological polar surface area (TPSA) is 40.7 Å². The third-order valence-electron chi connectivity index (χ3n) is 2.19. The highest BCUT2D eigenvalue weighted by molar-refractivity contribution is 6.32. The molecule has 0 fully saturated rings. The lowest BCUT2D eigenvalue weighted by Gasteiger charge is -2.07. The van der Waals surface area contributed by atoms with Gasteiger partial charge in [-0.1, -0.05) is 11.6 Å². The van der Waals surface area contributed by atoms with Crippen molar-refractivity contribution in [2.24, 2.45) is 0 Å². The summed E-state index contributed by atoms with van der Waals surface area (Å²) in [6.45, 7) is 1.99. The predicted octanol–water partition coefficient (Wildman–Crippen LogP) is 2.57. The van der Waals surface area contributed by atoms with Gasteiger partial charge >= 0.3 is 0 Å². The third-order valence-corrected chi connectivity index (χ3v) is 2.59. The summed E-state index contributed by atoms with van der Waals surface area (Å²) in [5.74, 6) is 0. The van der Waals surface area contributed by atoms with Gasteiger partial charge in [0.1, 0.15) is 0 Å². The van der Waals surface area contributed by atoms with Gasteiger partial charge in [-0.2, -0.15) is 5.10 Å². The number of fused-ring (bicyclic) bond motifs is 1. The Balaban J connectivity index is 2.87. The van der Waals surface area contributed by atoms with Crippen molar-refractivity contribution in [2.45, 2.75) is 6.92 Å². The van der Waals surface area contributed by atoms with E-state index in [4.69, 9.17) is 11.6 Å². The highest BCUT2D eigenvalue weighted by atomic mass is 35.5. The number of nitrogens with zero attached hydrogens (tertiary/aromatic N) is 1. The maximum Gasteiger partial charge on any atom is 0.0686 e. The first-order valence-corrected chi connectivity index (χ1v) is 4.41. The van der Waals surface area contributed by atoms with Crippen molar-refractivity contribution >= 4 is 28.2 Å². The molecule has 0 saturated carbocycles. The lowest BCUT2D eigenvalue weighted by atomic mass is 10.1. The smallest absolute Gasteiger partial charge is 0.0686 e. The molecule has 1 aromatic heterocycles. The lowest BCUT2D eigenvalue weighted by molar-refractivity contribution is 1.12. The summed E-state index contributed by atoms with van der Waals surface area (Å²) >= 11 is 6.04. The molecule has 0 amide bonds. The van der Waals surface area contributed by atoms with E-state index in [2.05, 4.69) is 15.5 Å². The zero-order chi connectivity index (χ0) is 9.42. The Morgan fingerprint density at radius 1 is 1.54 bits per heavy atom. The van der Waals surface area contributed by atoms with Crippen molar-refractivity contribution < 1.29 is 0 Å². The van der Waals surface area contributed by atoms with Crippen LogP contribution in [0.15, 0.2) is 12.3 Å². The van der Waals surface area contributed by atoms with Crippen molar-refractivity contribution in [3.63, 3.8) is 0 Å².